The van der Waals surface area contributed by atoms with Crippen LogP contribution >= 0.6 is 11.6 Å². The van der Waals surface area contributed by atoms with E-state index in [1.54, 1.807) is 12.2 Å². The molecule has 0 spiro atoms. The summed E-state index contributed by atoms with van der Waals surface area (Å²) < 4.78 is 0. The molecule has 26 heavy (non-hydrogen) atoms. The first-order chi connectivity index (χ1) is 12.6. The normalized spacial score (nSPS) is 19.1. The fourth-order valence-electron chi connectivity index (χ4n) is 3.44. The van der Waals surface area contributed by atoms with Crippen LogP contribution in [0.5, 0.6) is 0 Å². The molecule has 0 atom stereocenters. The molecular formula is C20H26ClN3O2. The van der Waals surface area contributed by atoms with Crippen molar-refractivity contribution in [2.75, 3.05) is 45.8 Å². The van der Waals surface area contributed by atoms with Crippen LogP contribution in [0.15, 0.2) is 30.3 Å². The number of rotatable bonds is 4. The summed E-state index contributed by atoms with van der Waals surface area (Å²) in [6, 6.07) is 7.42. The quantitative estimate of drug-likeness (QED) is 0.759. The molecule has 5 nitrogen and oxygen atoms in total. The Morgan fingerprint density at radius 1 is 0.962 bits per heavy atom. The molecule has 0 aromatic heterocycles. The molecule has 140 valence electrons. The first-order valence-electron chi connectivity index (χ1n) is 9.34. The highest BCUT2D eigenvalue weighted by Crippen LogP contribution is 2.13. The van der Waals surface area contributed by atoms with Crippen LogP contribution in [-0.4, -0.2) is 72.3 Å². The lowest BCUT2D eigenvalue weighted by molar-refractivity contribution is -0.134. The van der Waals surface area contributed by atoms with Crippen molar-refractivity contribution in [3.8, 4) is 0 Å². The van der Waals surface area contributed by atoms with Gasteiger partial charge in [-0.1, -0.05) is 23.7 Å². The van der Waals surface area contributed by atoms with E-state index in [2.05, 4.69) is 4.90 Å². The van der Waals surface area contributed by atoms with Crippen LogP contribution in [0.3, 0.4) is 0 Å². The number of piperazine rings is 1. The maximum Gasteiger partial charge on any atom is 0.246 e. The first-order valence-corrected chi connectivity index (χ1v) is 9.72. The predicted octanol–water partition coefficient (Wildman–Crippen LogP) is 2.51. The van der Waals surface area contributed by atoms with E-state index in [0.29, 0.717) is 24.7 Å². The summed E-state index contributed by atoms with van der Waals surface area (Å²) in [5, 5.41) is 0.659. The molecule has 2 aliphatic heterocycles. The van der Waals surface area contributed by atoms with E-state index in [1.807, 2.05) is 34.1 Å². The summed E-state index contributed by atoms with van der Waals surface area (Å²) in [4.78, 5) is 30.7. The van der Waals surface area contributed by atoms with E-state index in [0.717, 1.165) is 44.6 Å². The van der Waals surface area contributed by atoms with Gasteiger partial charge in [-0.05, 0) is 43.0 Å². The van der Waals surface area contributed by atoms with Crippen molar-refractivity contribution in [3.05, 3.63) is 40.9 Å². The Balaban J connectivity index is 1.44. The highest BCUT2D eigenvalue weighted by atomic mass is 35.5. The molecule has 2 amide bonds. The summed E-state index contributed by atoms with van der Waals surface area (Å²) >= 11 is 5.96. The summed E-state index contributed by atoms with van der Waals surface area (Å²) in [7, 11) is 0. The van der Waals surface area contributed by atoms with E-state index in [4.69, 9.17) is 11.6 Å². The van der Waals surface area contributed by atoms with Crippen LogP contribution in [0.25, 0.3) is 6.08 Å². The molecule has 2 aliphatic rings. The molecule has 2 heterocycles. The van der Waals surface area contributed by atoms with E-state index in [9.17, 15) is 9.59 Å². The Kier molecular flexibility index (Phi) is 6.69. The summed E-state index contributed by atoms with van der Waals surface area (Å²) in [5.74, 6) is 0.234. The molecule has 6 heteroatoms. The molecule has 2 saturated heterocycles. The summed E-state index contributed by atoms with van der Waals surface area (Å²) in [5.41, 5.74) is 0.914. The Morgan fingerprint density at radius 2 is 1.69 bits per heavy atom. The molecule has 3 rings (SSSR count). The second-order valence-electron chi connectivity index (χ2n) is 6.93. The fraction of sp³-hybridized carbons (Fsp3) is 0.500. The monoisotopic (exact) mass is 375 g/mol. The Bertz CT molecular complexity index is 663. The minimum atomic E-state index is 0.00647. The van der Waals surface area contributed by atoms with Gasteiger partial charge in [0.15, 0.2) is 0 Å². The van der Waals surface area contributed by atoms with Gasteiger partial charge in [0, 0.05) is 50.4 Å². The fourth-order valence-corrected chi connectivity index (χ4v) is 3.64. The average molecular weight is 376 g/mol. The van der Waals surface area contributed by atoms with Crippen molar-refractivity contribution in [2.24, 2.45) is 0 Å². The molecule has 0 saturated carbocycles. The second kappa shape index (κ2) is 9.19. The number of hydrogen-bond acceptors (Lipinski definition) is 3. The minimum absolute atomic E-state index is 0.00647. The van der Waals surface area contributed by atoms with Gasteiger partial charge in [0.05, 0.1) is 6.54 Å². The van der Waals surface area contributed by atoms with Crippen molar-refractivity contribution in [1.29, 1.82) is 0 Å². The van der Waals surface area contributed by atoms with Crippen LogP contribution in [0.2, 0.25) is 5.02 Å². The third kappa shape index (κ3) is 5.32. The largest absolute Gasteiger partial charge is 0.342 e. The van der Waals surface area contributed by atoms with Crippen LogP contribution in [0.4, 0.5) is 0 Å². The standard InChI is InChI=1S/C20H26ClN3O2/c21-18-6-4-5-17(15-18)7-8-19(25)24-13-11-22(12-14-24)16-20(26)23-9-2-1-3-10-23/h4-8,15H,1-3,9-14,16H2/b8-7+. The van der Waals surface area contributed by atoms with Crippen molar-refractivity contribution < 1.29 is 9.59 Å². The van der Waals surface area contributed by atoms with Gasteiger partial charge in [0.2, 0.25) is 11.8 Å². The van der Waals surface area contributed by atoms with E-state index in [1.165, 1.54) is 6.42 Å². The third-order valence-corrected chi connectivity index (χ3v) is 5.25. The molecular weight excluding hydrogens is 350 g/mol. The number of hydrogen-bond donors (Lipinski definition) is 0. The van der Waals surface area contributed by atoms with Crippen molar-refractivity contribution in [2.45, 2.75) is 19.3 Å². The van der Waals surface area contributed by atoms with Crippen LogP contribution < -0.4 is 0 Å². The van der Waals surface area contributed by atoms with Gasteiger partial charge < -0.3 is 9.80 Å². The second-order valence-corrected chi connectivity index (χ2v) is 7.37. The molecule has 0 bridgehead atoms. The maximum absolute atomic E-state index is 12.4. The van der Waals surface area contributed by atoms with Gasteiger partial charge in [-0.3, -0.25) is 14.5 Å². The zero-order valence-corrected chi connectivity index (χ0v) is 15.8. The van der Waals surface area contributed by atoms with Gasteiger partial charge in [-0.25, -0.2) is 0 Å². The number of nitrogens with zero attached hydrogens (tertiary/aromatic N) is 3. The van der Waals surface area contributed by atoms with Crippen molar-refractivity contribution in [1.82, 2.24) is 14.7 Å². The average Bonchev–Trinajstić information content (AvgIpc) is 2.67. The summed E-state index contributed by atoms with van der Waals surface area (Å²) in [6.07, 6.45) is 6.86. The minimum Gasteiger partial charge on any atom is -0.342 e. The van der Waals surface area contributed by atoms with E-state index >= 15 is 0 Å². The lowest BCUT2D eigenvalue weighted by Crippen LogP contribution is -2.51. The van der Waals surface area contributed by atoms with Crippen LogP contribution in [-0.2, 0) is 9.59 Å². The molecule has 0 N–H and O–H groups in total. The SMILES string of the molecule is O=C(/C=C/c1cccc(Cl)c1)N1CCN(CC(=O)N2CCCCC2)CC1. The molecule has 0 radical (unpaired) electrons. The number of carbonyl (C=O) groups is 2. The maximum atomic E-state index is 12.4. The molecule has 2 fully saturated rings. The molecule has 1 aromatic rings. The Labute approximate surface area is 160 Å². The summed E-state index contributed by atoms with van der Waals surface area (Å²) in [6.45, 7) is 5.07. The van der Waals surface area contributed by atoms with Gasteiger partial charge in [-0.2, -0.15) is 0 Å². The molecule has 0 aliphatic carbocycles. The molecule has 1 aromatic carbocycles. The highest BCUT2D eigenvalue weighted by molar-refractivity contribution is 6.30. The lowest BCUT2D eigenvalue weighted by atomic mass is 10.1. The van der Waals surface area contributed by atoms with Crippen LogP contribution in [0.1, 0.15) is 24.8 Å². The Hall–Kier alpha value is -1.85. The molecule has 0 unspecified atom stereocenters. The number of carbonyl (C=O) groups excluding carboxylic acids is 2. The number of amides is 2. The van der Waals surface area contributed by atoms with Gasteiger partial charge in [0.25, 0.3) is 0 Å². The predicted molar refractivity (Wildman–Crippen MR) is 104 cm³/mol. The smallest absolute Gasteiger partial charge is 0.246 e. The topological polar surface area (TPSA) is 43.9 Å². The zero-order chi connectivity index (χ0) is 18.4. The van der Waals surface area contributed by atoms with E-state index in [-0.39, 0.29) is 11.8 Å². The zero-order valence-electron chi connectivity index (χ0n) is 15.1. The van der Waals surface area contributed by atoms with Gasteiger partial charge in [-0.15, -0.1) is 0 Å². The number of benzene rings is 1. The van der Waals surface area contributed by atoms with Gasteiger partial charge in [0.1, 0.15) is 0 Å². The van der Waals surface area contributed by atoms with Crippen molar-refractivity contribution >= 4 is 29.5 Å². The number of piperidine rings is 1. The number of halogens is 1. The lowest BCUT2D eigenvalue weighted by Gasteiger charge is -2.35. The number of likely N-dealkylation sites (tertiary alicyclic amines) is 1. The van der Waals surface area contributed by atoms with Gasteiger partial charge >= 0.3 is 0 Å². The highest BCUT2D eigenvalue weighted by Gasteiger charge is 2.23. The van der Waals surface area contributed by atoms with Crippen molar-refractivity contribution in [3.63, 3.8) is 0 Å². The Morgan fingerprint density at radius 3 is 2.38 bits per heavy atom. The van der Waals surface area contributed by atoms with E-state index < -0.39 is 0 Å². The third-order valence-electron chi connectivity index (χ3n) is 5.02. The van der Waals surface area contributed by atoms with Crippen LogP contribution in [0, 0.1) is 0 Å². The first kappa shape index (κ1) is 18.9.